The molecule has 0 bridgehead atoms. The summed E-state index contributed by atoms with van der Waals surface area (Å²) in [6.45, 7) is 1.71. The summed E-state index contributed by atoms with van der Waals surface area (Å²) in [7, 11) is 0. The lowest BCUT2D eigenvalue weighted by Crippen LogP contribution is -2.38. The largest absolute Gasteiger partial charge is 0.451 e. The number of esters is 1. The van der Waals surface area contributed by atoms with Crippen molar-refractivity contribution in [2.24, 2.45) is 0 Å². The number of ether oxygens (including phenoxy) is 1. The first-order valence-corrected chi connectivity index (χ1v) is 10.3. The minimum atomic E-state index is -0.535. The predicted molar refractivity (Wildman–Crippen MR) is 113 cm³/mol. The second-order valence-corrected chi connectivity index (χ2v) is 8.00. The van der Waals surface area contributed by atoms with E-state index in [-0.39, 0.29) is 18.6 Å². The zero-order valence-electron chi connectivity index (χ0n) is 16.8. The van der Waals surface area contributed by atoms with Gasteiger partial charge in [-0.25, -0.2) is 9.48 Å². The molecule has 152 valence electrons. The quantitative estimate of drug-likeness (QED) is 0.609. The van der Waals surface area contributed by atoms with Gasteiger partial charge in [0.15, 0.2) is 12.3 Å². The molecule has 2 aliphatic rings. The van der Waals surface area contributed by atoms with E-state index >= 15 is 0 Å². The van der Waals surface area contributed by atoms with E-state index in [2.05, 4.69) is 5.10 Å². The number of benzene rings is 2. The van der Waals surface area contributed by atoms with Gasteiger partial charge in [-0.1, -0.05) is 36.4 Å². The number of nitrogens with zero attached hydrogens (tertiary/aromatic N) is 3. The number of amides is 1. The van der Waals surface area contributed by atoms with E-state index in [1.807, 2.05) is 61.5 Å². The summed E-state index contributed by atoms with van der Waals surface area (Å²) in [6, 6.07) is 19.2. The van der Waals surface area contributed by atoms with Gasteiger partial charge < -0.3 is 9.64 Å². The monoisotopic (exact) mass is 401 g/mol. The van der Waals surface area contributed by atoms with Crippen molar-refractivity contribution in [3.05, 3.63) is 77.6 Å². The van der Waals surface area contributed by atoms with Crippen molar-refractivity contribution in [1.29, 1.82) is 0 Å². The molecule has 0 radical (unpaired) electrons. The van der Waals surface area contributed by atoms with Crippen LogP contribution in [-0.4, -0.2) is 34.3 Å². The Balaban J connectivity index is 1.34. The lowest BCUT2D eigenvalue weighted by Gasteiger charge is -2.22. The molecule has 30 heavy (non-hydrogen) atoms. The fourth-order valence-electron chi connectivity index (χ4n) is 4.11. The molecule has 0 unspecified atom stereocenters. The first-order chi connectivity index (χ1) is 14.6. The highest BCUT2D eigenvalue weighted by molar-refractivity contribution is 5.99. The minimum absolute atomic E-state index is 0.0462. The van der Waals surface area contributed by atoms with E-state index in [0.29, 0.717) is 11.6 Å². The summed E-state index contributed by atoms with van der Waals surface area (Å²) in [5.74, 6) is -0.342. The van der Waals surface area contributed by atoms with Crippen LogP contribution in [0.3, 0.4) is 0 Å². The molecule has 0 saturated heterocycles. The maximum Gasteiger partial charge on any atom is 0.357 e. The van der Waals surface area contributed by atoms with Crippen LogP contribution >= 0.6 is 0 Å². The number of rotatable bonds is 5. The molecular weight excluding hydrogens is 378 g/mol. The van der Waals surface area contributed by atoms with Gasteiger partial charge in [-0.15, -0.1) is 0 Å². The van der Waals surface area contributed by atoms with Crippen LogP contribution in [-0.2, 0) is 16.0 Å². The molecule has 1 aliphatic carbocycles. The van der Waals surface area contributed by atoms with E-state index < -0.39 is 5.97 Å². The van der Waals surface area contributed by atoms with Crippen molar-refractivity contribution >= 4 is 17.6 Å². The molecular formula is C24H23N3O3. The highest BCUT2D eigenvalue weighted by atomic mass is 16.5. The third kappa shape index (κ3) is 3.38. The van der Waals surface area contributed by atoms with Gasteiger partial charge in [0, 0.05) is 17.6 Å². The summed E-state index contributed by atoms with van der Waals surface area (Å²) in [4.78, 5) is 27.5. The van der Waals surface area contributed by atoms with Crippen molar-refractivity contribution in [2.75, 3.05) is 11.5 Å². The molecule has 1 saturated carbocycles. The zero-order chi connectivity index (χ0) is 20.7. The first kappa shape index (κ1) is 18.6. The Labute approximate surface area is 175 Å². The van der Waals surface area contributed by atoms with Crippen LogP contribution in [0.5, 0.6) is 0 Å². The molecule has 6 nitrogen and oxygen atoms in total. The molecule has 1 aromatic heterocycles. The van der Waals surface area contributed by atoms with Crippen LogP contribution in [0, 0.1) is 0 Å². The van der Waals surface area contributed by atoms with Crippen molar-refractivity contribution in [3.8, 4) is 5.69 Å². The van der Waals surface area contributed by atoms with Gasteiger partial charge >= 0.3 is 5.97 Å². The lowest BCUT2D eigenvalue weighted by atomic mass is 10.1. The molecule has 3 aromatic rings. The Kier molecular flexibility index (Phi) is 4.62. The van der Waals surface area contributed by atoms with Crippen molar-refractivity contribution < 1.29 is 14.3 Å². The van der Waals surface area contributed by atoms with Crippen molar-refractivity contribution in [2.45, 2.75) is 38.1 Å². The Hall–Kier alpha value is -3.41. The van der Waals surface area contributed by atoms with Gasteiger partial charge in [0.2, 0.25) is 0 Å². The van der Waals surface area contributed by atoms with Gasteiger partial charge in [0.25, 0.3) is 5.91 Å². The Morgan fingerprint density at radius 1 is 1.07 bits per heavy atom. The van der Waals surface area contributed by atoms with Crippen LogP contribution in [0.25, 0.3) is 5.69 Å². The van der Waals surface area contributed by atoms with E-state index in [1.54, 1.807) is 15.6 Å². The highest BCUT2D eigenvalue weighted by Gasteiger charge is 2.32. The minimum Gasteiger partial charge on any atom is -0.451 e. The summed E-state index contributed by atoms with van der Waals surface area (Å²) in [5, 5.41) is 4.63. The smallest absolute Gasteiger partial charge is 0.357 e. The number of para-hydroxylation sites is 2. The van der Waals surface area contributed by atoms with Gasteiger partial charge in [-0.3, -0.25) is 4.79 Å². The number of carbonyl (C=O) groups is 2. The maximum absolute atomic E-state index is 12.9. The van der Waals surface area contributed by atoms with Gasteiger partial charge in [0.1, 0.15) is 0 Å². The third-order valence-electron chi connectivity index (χ3n) is 5.74. The Bertz CT molecular complexity index is 1100. The predicted octanol–water partition coefficient (Wildman–Crippen LogP) is 3.88. The molecule has 2 aromatic carbocycles. The maximum atomic E-state index is 12.9. The highest BCUT2D eigenvalue weighted by Crippen LogP contribution is 2.40. The van der Waals surface area contributed by atoms with Crippen LogP contribution in [0.4, 0.5) is 5.69 Å². The number of hydrogen-bond donors (Lipinski definition) is 0. The van der Waals surface area contributed by atoms with E-state index in [9.17, 15) is 9.59 Å². The second-order valence-electron chi connectivity index (χ2n) is 8.00. The number of carbonyl (C=O) groups excluding carboxylic acids is 2. The normalized spacial score (nSPS) is 17.6. The lowest BCUT2D eigenvalue weighted by molar-refractivity contribution is -0.122. The topological polar surface area (TPSA) is 64.4 Å². The molecule has 1 fully saturated rings. The number of hydrogen-bond acceptors (Lipinski definition) is 4. The zero-order valence-corrected chi connectivity index (χ0v) is 16.8. The Morgan fingerprint density at radius 3 is 2.57 bits per heavy atom. The second kappa shape index (κ2) is 7.44. The SMILES string of the molecule is C[C@@H]1Cc2ccccc2N1C(=O)COC(=O)c1cc(C2CC2)nn1-c1ccccc1. The molecule has 1 aliphatic heterocycles. The van der Waals surface area contributed by atoms with Crippen molar-refractivity contribution in [3.63, 3.8) is 0 Å². The number of anilines is 1. The average Bonchev–Trinajstić information content (AvgIpc) is 3.42. The van der Waals surface area contributed by atoms with Crippen LogP contribution in [0.2, 0.25) is 0 Å². The molecule has 2 heterocycles. The van der Waals surface area contributed by atoms with E-state index in [1.165, 1.54) is 0 Å². The summed E-state index contributed by atoms with van der Waals surface area (Å²) in [5.41, 5.74) is 4.09. The molecule has 5 rings (SSSR count). The van der Waals surface area contributed by atoms with Crippen LogP contribution in [0.1, 0.15) is 47.4 Å². The third-order valence-corrected chi connectivity index (χ3v) is 5.74. The van der Waals surface area contributed by atoms with Crippen LogP contribution in [0.15, 0.2) is 60.7 Å². The fourth-order valence-corrected chi connectivity index (χ4v) is 4.11. The average molecular weight is 401 g/mol. The summed E-state index contributed by atoms with van der Waals surface area (Å²) < 4.78 is 7.07. The number of fused-ring (bicyclic) bond motifs is 1. The standard InChI is InChI=1S/C24H23N3O3/c1-16-13-18-7-5-6-10-21(18)26(16)23(28)15-30-24(29)22-14-20(17-11-12-17)25-27(22)19-8-3-2-4-9-19/h2-10,14,16-17H,11-13,15H2,1H3/t16-/m1/s1. The summed E-state index contributed by atoms with van der Waals surface area (Å²) in [6.07, 6.45) is 2.98. The molecule has 1 atom stereocenters. The summed E-state index contributed by atoms with van der Waals surface area (Å²) >= 11 is 0. The number of aromatic nitrogens is 2. The fraction of sp³-hybridized carbons (Fsp3) is 0.292. The van der Waals surface area contributed by atoms with E-state index in [0.717, 1.165) is 41.9 Å². The van der Waals surface area contributed by atoms with Gasteiger partial charge in [-0.2, -0.15) is 5.10 Å². The molecule has 6 heteroatoms. The van der Waals surface area contributed by atoms with E-state index in [4.69, 9.17) is 4.74 Å². The van der Waals surface area contributed by atoms with Crippen molar-refractivity contribution in [1.82, 2.24) is 9.78 Å². The first-order valence-electron chi connectivity index (χ1n) is 10.3. The van der Waals surface area contributed by atoms with Gasteiger partial charge in [-0.05, 0) is 56.0 Å². The molecule has 0 N–H and O–H groups in total. The molecule has 0 spiro atoms. The van der Waals surface area contributed by atoms with Crippen LogP contribution < -0.4 is 4.90 Å². The van der Waals surface area contributed by atoms with Gasteiger partial charge in [0.05, 0.1) is 11.4 Å². The molecule has 1 amide bonds. The Morgan fingerprint density at radius 2 is 1.80 bits per heavy atom.